The van der Waals surface area contributed by atoms with E-state index in [1.165, 1.54) is 12.0 Å². The third-order valence-electron chi connectivity index (χ3n) is 5.20. The van der Waals surface area contributed by atoms with Crippen LogP contribution in [0.4, 0.5) is 0 Å². The third kappa shape index (κ3) is 4.09. The van der Waals surface area contributed by atoms with E-state index < -0.39 is 0 Å². The number of hydrogen-bond donors (Lipinski definition) is 0. The SMILES string of the molecule is COc1cccc(OCC2N(C)C(SCc3ccccc3)N3CCCN23)c1. The Hall–Kier alpha value is -1.73. The summed E-state index contributed by atoms with van der Waals surface area (Å²) in [6.45, 7) is 2.86. The lowest BCUT2D eigenvalue weighted by molar-refractivity contribution is 0.0210. The van der Waals surface area contributed by atoms with Crippen LogP contribution in [0.15, 0.2) is 54.6 Å². The van der Waals surface area contributed by atoms with Crippen LogP contribution >= 0.6 is 11.8 Å². The number of benzene rings is 2. The van der Waals surface area contributed by atoms with E-state index in [1.807, 2.05) is 36.0 Å². The first kappa shape index (κ1) is 18.6. The molecule has 2 aromatic rings. The minimum absolute atomic E-state index is 0.256. The van der Waals surface area contributed by atoms with E-state index in [-0.39, 0.29) is 6.17 Å². The standard InChI is InChI=1S/C21H27N3O2S/c1-22-20(15-26-19-11-6-10-18(14-19)25-2)23-12-7-13-24(23)21(22)27-16-17-8-4-3-5-9-17/h3-6,8-11,14,20-21H,7,12-13,15-16H2,1-2H3. The molecule has 0 radical (unpaired) electrons. The highest BCUT2D eigenvalue weighted by Crippen LogP contribution is 2.36. The fraction of sp³-hybridized carbons (Fsp3) is 0.429. The predicted molar refractivity (Wildman–Crippen MR) is 110 cm³/mol. The molecule has 0 bridgehead atoms. The van der Waals surface area contributed by atoms with Crippen LogP contribution in [0.5, 0.6) is 11.5 Å². The second kappa shape index (κ2) is 8.52. The average molecular weight is 386 g/mol. The molecule has 6 heteroatoms. The van der Waals surface area contributed by atoms with Crippen LogP contribution in [0.25, 0.3) is 0 Å². The van der Waals surface area contributed by atoms with Gasteiger partial charge in [0.25, 0.3) is 0 Å². The number of hydrazine groups is 1. The summed E-state index contributed by atoms with van der Waals surface area (Å²) in [4.78, 5) is 2.44. The third-order valence-corrected chi connectivity index (χ3v) is 6.58. The molecule has 2 fully saturated rings. The highest BCUT2D eigenvalue weighted by molar-refractivity contribution is 7.99. The maximum atomic E-state index is 6.12. The van der Waals surface area contributed by atoms with Gasteiger partial charge in [-0.25, -0.2) is 10.0 Å². The lowest BCUT2D eigenvalue weighted by Gasteiger charge is -2.26. The summed E-state index contributed by atoms with van der Waals surface area (Å²) in [6, 6.07) is 18.5. The van der Waals surface area contributed by atoms with Crippen LogP contribution < -0.4 is 9.47 Å². The first-order valence-electron chi connectivity index (χ1n) is 9.44. The molecule has 27 heavy (non-hydrogen) atoms. The molecule has 0 aliphatic carbocycles. The normalized spacial score (nSPS) is 23.5. The number of nitrogens with zero attached hydrogens (tertiary/aromatic N) is 3. The van der Waals surface area contributed by atoms with Gasteiger partial charge in [0.15, 0.2) is 0 Å². The van der Waals surface area contributed by atoms with Crippen molar-refractivity contribution in [2.45, 2.75) is 23.8 Å². The second-order valence-electron chi connectivity index (χ2n) is 6.94. The van der Waals surface area contributed by atoms with Crippen molar-refractivity contribution >= 4 is 11.8 Å². The Bertz CT molecular complexity index is 745. The first-order valence-corrected chi connectivity index (χ1v) is 10.5. The molecule has 2 atom stereocenters. The maximum absolute atomic E-state index is 6.12. The zero-order valence-electron chi connectivity index (χ0n) is 16.0. The Balaban J connectivity index is 1.40. The van der Waals surface area contributed by atoms with Gasteiger partial charge in [-0.2, -0.15) is 0 Å². The van der Waals surface area contributed by atoms with Crippen LogP contribution in [-0.4, -0.2) is 60.4 Å². The number of fused-ring (bicyclic) bond motifs is 1. The lowest BCUT2D eigenvalue weighted by Crippen LogP contribution is -2.42. The van der Waals surface area contributed by atoms with Gasteiger partial charge in [0.1, 0.15) is 29.8 Å². The predicted octanol–water partition coefficient (Wildman–Crippen LogP) is 3.49. The Kier molecular flexibility index (Phi) is 5.88. The number of hydrogen-bond acceptors (Lipinski definition) is 6. The highest BCUT2D eigenvalue weighted by atomic mass is 32.2. The minimum atomic E-state index is 0.256. The van der Waals surface area contributed by atoms with Crippen LogP contribution in [0.2, 0.25) is 0 Å². The monoisotopic (exact) mass is 385 g/mol. The highest BCUT2D eigenvalue weighted by Gasteiger charge is 2.46. The van der Waals surface area contributed by atoms with Gasteiger partial charge < -0.3 is 9.47 Å². The number of ether oxygens (including phenoxy) is 2. The largest absolute Gasteiger partial charge is 0.497 e. The van der Waals surface area contributed by atoms with Crippen molar-refractivity contribution in [3.8, 4) is 11.5 Å². The maximum Gasteiger partial charge on any atom is 0.125 e. The van der Waals surface area contributed by atoms with Crippen LogP contribution in [0, 0.1) is 0 Å². The Morgan fingerprint density at radius 3 is 2.59 bits per heavy atom. The second-order valence-corrected chi connectivity index (χ2v) is 7.98. The Labute approximate surface area is 165 Å². The first-order chi connectivity index (χ1) is 13.3. The van der Waals surface area contributed by atoms with E-state index in [0.29, 0.717) is 12.1 Å². The fourth-order valence-corrected chi connectivity index (χ4v) is 5.10. The van der Waals surface area contributed by atoms with E-state index in [0.717, 1.165) is 30.3 Å². The average Bonchev–Trinajstić information content (AvgIpc) is 3.27. The van der Waals surface area contributed by atoms with Crippen molar-refractivity contribution in [2.24, 2.45) is 0 Å². The molecule has 0 aromatic heterocycles. The summed E-state index contributed by atoms with van der Waals surface area (Å²) < 4.78 is 11.4. The molecule has 0 saturated carbocycles. The summed E-state index contributed by atoms with van der Waals surface area (Å²) in [6.07, 6.45) is 1.47. The molecule has 0 amide bonds. The zero-order chi connectivity index (χ0) is 18.6. The Morgan fingerprint density at radius 1 is 1.00 bits per heavy atom. The van der Waals surface area contributed by atoms with Gasteiger partial charge in [0, 0.05) is 24.9 Å². The van der Waals surface area contributed by atoms with Crippen molar-refractivity contribution in [3.05, 3.63) is 60.2 Å². The van der Waals surface area contributed by atoms with Gasteiger partial charge in [0.05, 0.1) is 7.11 Å². The molecule has 2 unspecified atom stereocenters. The van der Waals surface area contributed by atoms with Crippen molar-refractivity contribution in [1.82, 2.24) is 14.9 Å². The summed E-state index contributed by atoms with van der Waals surface area (Å²) in [5.41, 5.74) is 1.73. The van der Waals surface area contributed by atoms with Crippen LogP contribution in [-0.2, 0) is 5.75 Å². The number of rotatable bonds is 7. The quantitative estimate of drug-likeness (QED) is 0.725. The molecule has 2 heterocycles. The molecule has 0 spiro atoms. The summed E-state index contributed by atoms with van der Waals surface area (Å²) >= 11 is 1.99. The van der Waals surface area contributed by atoms with Crippen LogP contribution in [0.3, 0.4) is 0 Å². The molecular formula is C21H27N3O2S. The minimum Gasteiger partial charge on any atom is -0.497 e. The summed E-state index contributed by atoms with van der Waals surface area (Å²) in [5.74, 6) is 2.70. The summed E-state index contributed by atoms with van der Waals surface area (Å²) in [5, 5.41) is 4.98. The van der Waals surface area contributed by atoms with E-state index in [2.05, 4.69) is 52.3 Å². The fourth-order valence-electron chi connectivity index (χ4n) is 3.79. The van der Waals surface area contributed by atoms with Crippen molar-refractivity contribution in [1.29, 1.82) is 0 Å². The van der Waals surface area contributed by atoms with Crippen molar-refractivity contribution in [3.63, 3.8) is 0 Å². The van der Waals surface area contributed by atoms with Gasteiger partial charge >= 0.3 is 0 Å². The van der Waals surface area contributed by atoms with Crippen molar-refractivity contribution in [2.75, 3.05) is 33.9 Å². The topological polar surface area (TPSA) is 28.2 Å². The van der Waals surface area contributed by atoms with Gasteiger partial charge in [-0.05, 0) is 31.2 Å². The Morgan fingerprint density at radius 2 is 1.78 bits per heavy atom. The van der Waals surface area contributed by atoms with Gasteiger partial charge in [-0.3, -0.25) is 4.90 Å². The zero-order valence-corrected chi connectivity index (χ0v) is 16.8. The van der Waals surface area contributed by atoms with Gasteiger partial charge in [-0.1, -0.05) is 36.4 Å². The van der Waals surface area contributed by atoms with Crippen LogP contribution in [0.1, 0.15) is 12.0 Å². The molecule has 2 saturated heterocycles. The van der Waals surface area contributed by atoms with E-state index in [4.69, 9.17) is 9.47 Å². The molecule has 144 valence electrons. The molecular weight excluding hydrogens is 358 g/mol. The number of thioether (sulfide) groups is 1. The van der Waals surface area contributed by atoms with Gasteiger partial charge in [0.2, 0.25) is 0 Å². The molecule has 5 nitrogen and oxygen atoms in total. The number of methoxy groups -OCH3 is 1. The molecule has 2 aliphatic rings. The smallest absolute Gasteiger partial charge is 0.125 e. The molecule has 0 N–H and O–H groups in total. The van der Waals surface area contributed by atoms with E-state index in [9.17, 15) is 0 Å². The molecule has 4 rings (SSSR count). The summed E-state index contributed by atoms with van der Waals surface area (Å²) in [7, 11) is 3.89. The molecule has 2 aromatic carbocycles. The van der Waals surface area contributed by atoms with E-state index in [1.54, 1.807) is 7.11 Å². The lowest BCUT2D eigenvalue weighted by atomic mass is 10.2. The van der Waals surface area contributed by atoms with E-state index >= 15 is 0 Å². The molecule has 2 aliphatic heterocycles. The number of likely N-dealkylation sites (N-methyl/N-ethyl adjacent to an activating group) is 1. The van der Waals surface area contributed by atoms with Crippen molar-refractivity contribution < 1.29 is 9.47 Å². The van der Waals surface area contributed by atoms with Gasteiger partial charge in [-0.15, -0.1) is 11.8 Å².